The highest BCUT2D eigenvalue weighted by Crippen LogP contribution is 2.23. The Kier molecular flexibility index (Phi) is 4.09. The maximum absolute atomic E-state index is 11.4. The van der Waals surface area contributed by atoms with E-state index in [1.807, 2.05) is 13.8 Å². The quantitative estimate of drug-likeness (QED) is 0.847. The van der Waals surface area contributed by atoms with Crippen LogP contribution in [-0.2, 0) is 16.4 Å². The zero-order valence-corrected chi connectivity index (χ0v) is 10.8. The predicted molar refractivity (Wildman–Crippen MR) is 61.7 cm³/mol. The van der Waals surface area contributed by atoms with Crippen molar-refractivity contribution >= 4 is 9.84 Å². The summed E-state index contributed by atoms with van der Waals surface area (Å²) in [6, 6.07) is 0.318. The number of aromatic nitrogens is 1. The molecule has 0 aromatic carbocycles. The molecular weight excluding hydrogens is 228 g/mol. The van der Waals surface area contributed by atoms with E-state index in [9.17, 15) is 8.42 Å². The zero-order valence-electron chi connectivity index (χ0n) is 10.0. The third-order valence-corrected chi connectivity index (χ3v) is 3.86. The standard InChI is InChI=1S/C10H18N2O3S/c1-7(2)11-5-9-10(15-6-12-9)8(3)16(4,13)14/h6-8,11H,5H2,1-4H3. The number of sulfone groups is 1. The molecule has 1 unspecified atom stereocenters. The van der Waals surface area contributed by atoms with Gasteiger partial charge in [-0.2, -0.15) is 0 Å². The van der Waals surface area contributed by atoms with Gasteiger partial charge in [0.25, 0.3) is 0 Å². The van der Waals surface area contributed by atoms with Crippen LogP contribution in [0.4, 0.5) is 0 Å². The Hall–Kier alpha value is -0.880. The third kappa shape index (κ3) is 3.31. The highest BCUT2D eigenvalue weighted by atomic mass is 32.2. The van der Waals surface area contributed by atoms with Gasteiger partial charge in [0.15, 0.2) is 16.2 Å². The van der Waals surface area contributed by atoms with Crippen LogP contribution in [0.2, 0.25) is 0 Å². The van der Waals surface area contributed by atoms with Gasteiger partial charge in [-0.1, -0.05) is 13.8 Å². The molecule has 6 heteroatoms. The molecular formula is C10H18N2O3S. The molecule has 0 fully saturated rings. The van der Waals surface area contributed by atoms with E-state index in [0.717, 1.165) is 0 Å². The first-order chi connectivity index (χ1) is 7.32. The van der Waals surface area contributed by atoms with Crippen molar-refractivity contribution in [1.29, 1.82) is 0 Å². The molecule has 1 atom stereocenters. The van der Waals surface area contributed by atoms with Crippen LogP contribution in [0.5, 0.6) is 0 Å². The lowest BCUT2D eigenvalue weighted by atomic mass is 10.2. The predicted octanol–water partition coefficient (Wildman–Crippen LogP) is 1.28. The second kappa shape index (κ2) is 4.97. The number of rotatable bonds is 5. The summed E-state index contributed by atoms with van der Waals surface area (Å²) in [5.74, 6) is 0.427. The van der Waals surface area contributed by atoms with E-state index in [1.54, 1.807) is 6.92 Å². The summed E-state index contributed by atoms with van der Waals surface area (Å²) in [5.41, 5.74) is 0.659. The molecule has 5 nitrogen and oxygen atoms in total. The molecule has 1 heterocycles. The molecule has 0 aliphatic carbocycles. The van der Waals surface area contributed by atoms with Crippen molar-refractivity contribution in [1.82, 2.24) is 10.3 Å². The van der Waals surface area contributed by atoms with E-state index in [4.69, 9.17) is 4.42 Å². The smallest absolute Gasteiger partial charge is 0.181 e. The van der Waals surface area contributed by atoms with Crippen LogP contribution >= 0.6 is 0 Å². The molecule has 0 spiro atoms. The van der Waals surface area contributed by atoms with Crippen molar-refractivity contribution < 1.29 is 12.8 Å². The second-order valence-electron chi connectivity index (χ2n) is 4.17. The molecule has 0 amide bonds. The summed E-state index contributed by atoms with van der Waals surface area (Å²) in [5, 5.41) is 2.52. The Morgan fingerprint density at radius 2 is 2.06 bits per heavy atom. The maximum atomic E-state index is 11.4. The van der Waals surface area contributed by atoms with E-state index < -0.39 is 15.1 Å². The number of oxazole rings is 1. The highest BCUT2D eigenvalue weighted by Gasteiger charge is 2.24. The minimum absolute atomic E-state index is 0.318. The van der Waals surface area contributed by atoms with Crippen LogP contribution in [0, 0.1) is 0 Å². The molecule has 1 N–H and O–H groups in total. The fourth-order valence-corrected chi connectivity index (χ4v) is 1.82. The first kappa shape index (κ1) is 13.2. The molecule has 92 valence electrons. The molecule has 0 radical (unpaired) electrons. The molecule has 16 heavy (non-hydrogen) atoms. The van der Waals surface area contributed by atoms with Crippen molar-refractivity contribution in [2.45, 2.75) is 38.6 Å². The normalized spacial score (nSPS) is 14.3. The van der Waals surface area contributed by atoms with E-state index in [-0.39, 0.29) is 0 Å². The molecule has 0 saturated heterocycles. The lowest BCUT2D eigenvalue weighted by Gasteiger charge is -2.10. The van der Waals surface area contributed by atoms with Gasteiger partial charge in [0.1, 0.15) is 11.0 Å². The van der Waals surface area contributed by atoms with Gasteiger partial charge in [-0.15, -0.1) is 0 Å². The van der Waals surface area contributed by atoms with Gasteiger partial charge in [-0.3, -0.25) is 0 Å². The molecule has 0 saturated carbocycles. The number of hydrogen-bond donors (Lipinski definition) is 1. The molecule has 0 bridgehead atoms. The molecule has 1 aromatic rings. The van der Waals surface area contributed by atoms with Crippen molar-refractivity contribution in [2.75, 3.05) is 6.26 Å². The summed E-state index contributed by atoms with van der Waals surface area (Å²) in [7, 11) is -3.15. The number of hydrogen-bond acceptors (Lipinski definition) is 5. The van der Waals surface area contributed by atoms with Gasteiger partial charge in [0.2, 0.25) is 0 Å². The lowest BCUT2D eigenvalue weighted by molar-refractivity contribution is 0.488. The van der Waals surface area contributed by atoms with Gasteiger partial charge in [0, 0.05) is 18.8 Å². The van der Waals surface area contributed by atoms with Crippen LogP contribution in [0.15, 0.2) is 10.8 Å². The van der Waals surface area contributed by atoms with E-state index in [0.29, 0.717) is 24.0 Å². The van der Waals surface area contributed by atoms with E-state index >= 15 is 0 Å². The summed E-state index contributed by atoms with van der Waals surface area (Å²) < 4.78 is 28.0. The van der Waals surface area contributed by atoms with Crippen molar-refractivity contribution in [3.63, 3.8) is 0 Å². The largest absolute Gasteiger partial charge is 0.447 e. The highest BCUT2D eigenvalue weighted by molar-refractivity contribution is 7.90. The summed E-state index contributed by atoms with van der Waals surface area (Å²) in [4.78, 5) is 4.03. The van der Waals surface area contributed by atoms with E-state index in [1.165, 1.54) is 12.6 Å². The SMILES string of the molecule is CC(C)NCc1ncoc1C(C)S(C)(=O)=O. The van der Waals surface area contributed by atoms with Gasteiger partial charge in [-0.05, 0) is 6.92 Å². The average Bonchev–Trinajstić information content (AvgIpc) is 2.59. The maximum Gasteiger partial charge on any atom is 0.181 e. The van der Waals surface area contributed by atoms with Crippen LogP contribution in [0.1, 0.15) is 37.5 Å². The lowest BCUT2D eigenvalue weighted by Crippen LogP contribution is -2.23. The van der Waals surface area contributed by atoms with Crippen LogP contribution < -0.4 is 5.32 Å². The molecule has 0 aliphatic heterocycles. The zero-order chi connectivity index (χ0) is 12.3. The van der Waals surface area contributed by atoms with Crippen LogP contribution in [-0.4, -0.2) is 25.7 Å². The molecule has 0 aliphatic rings. The number of nitrogens with one attached hydrogen (secondary N) is 1. The monoisotopic (exact) mass is 246 g/mol. The van der Waals surface area contributed by atoms with Crippen molar-refractivity contribution in [3.05, 3.63) is 17.8 Å². The Balaban J connectivity index is 2.86. The average molecular weight is 246 g/mol. The van der Waals surface area contributed by atoms with Gasteiger partial charge >= 0.3 is 0 Å². The first-order valence-corrected chi connectivity index (χ1v) is 7.12. The fourth-order valence-electron chi connectivity index (χ4n) is 1.24. The first-order valence-electron chi connectivity index (χ1n) is 5.17. The van der Waals surface area contributed by atoms with Gasteiger partial charge in [-0.25, -0.2) is 13.4 Å². The van der Waals surface area contributed by atoms with Gasteiger partial charge in [0.05, 0.1) is 5.69 Å². The van der Waals surface area contributed by atoms with Crippen molar-refractivity contribution in [3.8, 4) is 0 Å². The number of nitrogens with zero attached hydrogens (tertiary/aromatic N) is 1. The topological polar surface area (TPSA) is 72.2 Å². The molecule has 1 aromatic heterocycles. The minimum Gasteiger partial charge on any atom is -0.447 e. The summed E-state index contributed by atoms with van der Waals surface area (Å²) in [6.45, 7) is 6.15. The third-order valence-electron chi connectivity index (χ3n) is 2.36. The Labute approximate surface area is 96.2 Å². The summed E-state index contributed by atoms with van der Waals surface area (Å²) in [6.07, 6.45) is 2.48. The molecule has 1 rings (SSSR count). The second-order valence-corrected chi connectivity index (χ2v) is 6.54. The van der Waals surface area contributed by atoms with Crippen molar-refractivity contribution in [2.24, 2.45) is 0 Å². The Morgan fingerprint density at radius 3 is 2.56 bits per heavy atom. The van der Waals surface area contributed by atoms with Crippen LogP contribution in [0.25, 0.3) is 0 Å². The van der Waals surface area contributed by atoms with E-state index in [2.05, 4.69) is 10.3 Å². The Morgan fingerprint density at radius 1 is 1.44 bits per heavy atom. The van der Waals surface area contributed by atoms with Gasteiger partial charge < -0.3 is 9.73 Å². The fraction of sp³-hybridized carbons (Fsp3) is 0.700. The van der Waals surface area contributed by atoms with Crippen LogP contribution in [0.3, 0.4) is 0 Å². The Bertz CT molecular complexity index is 437. The summed E-state index contributed by atoms with van der Waals surface area (Å²) >= 11 is 0. The minimum atomic E-state index is -3.15.